The summed E-state index contributed by atoms with van der Waals surface area (Å²) in [4.78, 5) is 11.7. The van der Waals surface area contributed by atoms with E-state index < -0.39 is 15.9 Å². The fourth-order valence-corrected chi connectivity index (χ4v) is 2.60. The smallest absolute Gasteiger partial charge is 0.273 e. The van der Waals surface area contributed by atoms with E-state index in [0.717, 1.165) is 11.5 Å². The predicted octanol–water partition coefficient (Wildman–Crippen LogP) is 0.124. The Balaban J connectivity index is 2.20. The second kappa shape index (κ2) is 6.16. The van der Waals surface area contributed by atoms with E-state index in [1.807, 2.05) is 0 Å². The van der Waals surface area contributed by atoms with Crippen molar-refractivity contribution in [3.05, 3.63) is 34.8 Å². The van der Waals surface area contributed by atoms with Crippen molar-refractivity contribution in [1.82, 2.24) is 14.9 Å². The predicted molar refractivity (Wildman–Crippen MR) is 75.4 cm³/mol. The molecule has 1 aromatic carbocycles. The van der Waals surface area contributed by atoms with Gasteiger partial charge in [-0.1, -0.05) is 4.49 Å². The summed E-state index contributed by atoms with van der Waals surface area (Å²) in [5.74, 6) is 0.0333. The zero-order valence-electron chi connectivity index (χ0n) is 10.9. The first-order valence-electron chi connectivity index (χ1n) is 5.67. The summed E-state index contributed by atoms with van der Waals surface area (Å²) in [5.41, 5.74) is 0.683. The Labute approximate surface area is 125 Å². The Bertz CT molecular complexity index is 744. The topological polar surface area (TPSA) is 124 Å². The molecule has 0 aliphatic heterocycles. The molecule has 0 radical (unpaired) electrons. The molecule has 0 saturated carbocycles. The molecule has 3 N–H and O–H groups in total. The van der Waals surface area contributed by atoms with Crippen molar-refractivity contribution in [1.29, 1.82) is 0 Å². The number of aromatic nitrogens is 2. The second-order valence-electron chi connectivity index (χ2n) is 3.99. The van der Waals surface area contributed by atoms with Crippen molar-refractivity contribution in [2.45, 2.75) is 11.4 Å². The van der Waals surface area contributed by atoms with Gasteiger partial charge in [0.25, 0.3) is 5.91 Å². The number of nitrogens with two attached hydrogens (primary N) is 1. The molecule has 0 fully saturated rings. The SMILES string of the molecule is COc1ccc(S(N)(=O)=O)cc1CNC(=O)c1csnn1. The maximum Gasteiger partial charge on any atom is 0.273 e. The molecular formula is C11H12N4O4S2. The molecule has 0 saturated heterocycles. The number of primary sulfonamides is 1. The van der Waals surface area contributed by atoms with E-state index in [9.17, 15) is 13.2 Å². The van der Waals surface area contributed by atoms with Crippen molar-refractivity contribution in [2.75, 3.05) is 7.11 Å². The minimum Gasteiger partial charge on any atom is -0.496 e. The number of hydrogen-bond acceptors (Lipinski definition) is 7. The molecule has 8 nitrogen and oxygen atoms in total. The highest BCUT2D eigenvalue weighted by molar-refractivity contribution is 7.89. The minimum atomic E-state index is -3.82. The number of carbonyl (C=O) groups is 1. The molecule has 112 valence electrons. The Morgan fingerprint density at radius 2 is 2.24 bits per heavy atom. The van der Waals surface area contributed by atoms with Gasteiger partial charge in [0, 0.05) is 17.5 Å². The lowest BCUT2D eigenvalue weighted by molar-refractivity contribution is 0.0945. The van der Waals surface area contributed by atoms with Gasteiger partial charge in [0.15, 0.2) is 5.69 Å². The van der Waals surface area contributed by atoms with Crippen molar-refractivity contribution in [3.63, 3.8) is 0 Å². The van der Waals surface area contributed by atoms with Crippen LogP contribution in [0.4, 0.5) is 0 Å². The van der Waals surface area contributed by atoms with Crippen LogP contribution in [0.15, 0.2) is 28.5 Å². The van der Waals surface area contributed by atoms with Gasteiger partial charge < -0.3 is 10.1 Å². The number of hydrogen-bond donors (Lipinski definition) is 2. The van der Waals surface area contributed by atoms with Gasteiger partial charge in [-0.3, -0.25) is 4.79 Å². The first kappa shape index (κ1) is 15.4. The quantitative estimate of drug-likeness (QED) is 0.803. The summed E-state index contributed by atoms with van der Waals surface area (Å²) in [6.07, 6.45) is 0. The van der Waals surface area contributed by atoms with E-state index in [0.29, 0.717) is 11.3 Å². The maximum absolute atomic E-state index is 11.8. The summed E-state index contributed by atoms with van der Waals surface area (Å²) < 4.78 is 31.4. The van der Waals surface area contributed by atoms with Gasteiger partial charge in [-0.05, 0) is 29.7 Å². The van der Waals surface area contributed by atoms with Crippen LogP contribution in [0.5, 0.6) is 5.75 Å². The highest BCUT2D eigenvalue weighted by atomic mass is 32.2. The zero-order chi connectivity index (χ0) is 15.5. The molecule has 1 amide bonds. The van der Waals surface area contributed by atoms with Crippen LogP contribution in [0.3, 0.4) is 0 Å². The number of carbonyl (C=O) groups excluding carboxylic acids is 1. The molecule has 0 aliphatic rings. The van der Waals surface area contributed by atoms with Crippen LogP contribution in [0.2, 0.25) is 0 Å². The fraction of sp³-hybridized carbons (Fsp3) is 0.182. The van der Waals surface area contributed by atoms with Crippen molar-refractivity contribution >= 4 is 27.5 Å². The first-order valence-corrected chi connectivity index (χ1v) is 8.05. The van der Waals surface area contributed by atoms with Crippen LogP contribution in [0.25, 0.3) is 0 Å². The molecule has 2 rings (SSSR count). The summed E-state index contributed by atoms with van der Waals surface area (Å²) in [5, 5.41) is 12.8. The lowest BCUT2D eigenvalue weighted by Crippen LogP contribution is -2.23. The lowest BCUT2D eigenvalue weighted by Gasteiger charge is -2.10. The van der Waals surface area contributed by atoms with Gasteiger partial charge in [0.2, 0.25) is 10.0 Å². The number of methoxy groups -OCH3 is 1. The largest absolute Gasteiger partial charge is 0.496 e. The third-order valence-electron chi connectivity index (χ3n) is 2.61. The maximum atomic E-state index is 11.8. The van der Waals surface area contributed by atoms with Crippen LogP contribution >= 0.6 is 11.5 Å². The number of sulfonamides is 1. The van der Waals surface area contributed by atoms with Gasteiger partial charge in [-0.15, -0.1) is 5.10 Å². The Morgan fingerprint density at radius 1 is 1.48 bits per heavy atom. The van der Waals surface area contributed by atoms with Gasteiger partial charge in [0.1, 0.15) is 5.75 Å². The highest BCUT2D eigenvalue weighted by Crippen LogP contribution is 2.21. The van der Waals surface area contributed by atoms with Gasteiger partial charge in [0.05, 0.1) is 12.0 Å². The first-order chi connectivity index (χ1) is 9.91. The molecule has 2 aromatic rings. The number of ether oxygens (including phenoxy) is 1. The van der Waals surface area contributed by atoms with E-state index in [1.54, 1.807) is 0 Å². The Morgan fingerprint density at radius 3 is 2.81 bits per heavy atom. The molecule has 1 heterocycles. The molecule has 0 spiro atoms. The van der Waals surface area contributed by atoms with Crippen molar-refractivity contribution < 1.29 is 17.9 Å². The lowest BCUT2D eigenvalue weighted by atomic mass is 10.2. The summed E-state index contributed by atoms with van der Waals surface area (Å²) in [6.45, 7) is 0.0723. The Kier molecular flexibility index (Phi) is 4.50. The molecule has 0 bridgehead atoms. The minimum absolute atomic E-state index is 0.0529. The molecule has 21 heavy (non-hydrogen) atoms. The number of amides is 1. The monoisotopic (exact) mass is 328 g/mol. The van der Waals surface area contributed by atoms with Crippen LogP contribution < -0.4 is 15.2 Å². The Hall–Kier alpha value is -2.04. The van der Waals surface area contributed by atoms with E-state index in [4.69, 9.17) is 9.88 Å². The highest BCUT2D eigenvalue weighted by Gasteiger charge is 2.14. The van der Waals surface area contributed by atoms with Crippen LogP contribution in [0.1, 0.15) is 16.1 Å². The normalized spacial score (nSPS) is 11.1. The van der Waals surface area contributed by atoms with Crippen LogP contribution in [-0.2, 0) is 16.6 Å². The van der Waals surface area contributed by atoms with Gasteiger partial charge in [-0.25, -0.2) is 13.6 Å². The molecule has 10 heteroatoms. The standard InChI is InChI=1S/C11H12N4O4S2/c1-19-10-3-2-8(21(12,17)18)4-7(10)5-13-11(16)9-6-20-15-14-9/h2-4,6H,5H2,1H3,(H,13,16)(H2,12,17,18). The van der Waals surface area contributed by atoms with Gasteiger partial charge >= 0.3 is 0 Å². The molecule has 0 unspecified atom stereocenters. The van der Waals surface area contributed by atoms with E-state index in [2.05, 4.69) is 14.9 Å². The average Bonchev–Trinajstić information content (AvgIpc) is 2.97. The number of benzene rings is 1. The molecule has 0 aliphatic carbocycles. The number of rotatable bonds is 5. The zero-order valence-corrected chi connectivity index (χ0v) is 12.6. The van der Waals surface area contributed by atoms with E-state index in [1.165, 1.54) is 30.7 Å². The molecule has 0 atom stereocenters. The van der Waals surface area contributed by atoms with Crippen LogP contribution in [0, 0.1) is 0 Å². The van der Waals surface area contributed by atoms with E-state index in [-0.39, 0.29) is 17.1 Å². The van der Waals surface area contributed by atoms with Crippen molar-refractivity contribution in [3.8, 4) is 5.75 Å². The second-order valence-corrected chi connectivity index (χ2v) is 6.16. The van der Waals surface area contributed by atoms with Crippen LogP contribution in [-0.4, -0.2) is 31.0 Å². The van der Waals surface area contributed by atoms with Gasteiger partial charge in [-0.2, -0.15) is 0 Å². The number of nitrogens with zero attached hydrogens (tertiary/aromatic N) is 2. The number of nitrogens with one attached hydrogen (secondary N) is 1. The third-order valence-corrected chi connectivity index (χ3v) is 4.03. The average molecular weight is 328 g/mol. The molecule has 1 aromatic heterocycles. The van der Waals surface area contributed by atoms with E-state index >= 15 is 0 Å². The van der Waals surface area contributed by atoms with Crippen molar-refractivity contribution in [2.24, 2.45) is 5.14 Å². The molecular weight excluding hydrogens is 316 g/mol. The summed E-state index contributed by atoms with van der Waals surface area (Å²) >= 11 is 1.06. The fourth-order valence-electron chi connectivity index (χ4n) is 1.60. The third kappa shape index (κ3) is 3.74. The summed E-state index contributed by atoms with van der Waals surface area (Å²) in [6, 6.07) is 4.17. The summed E-state index contributed by atoms with van der Waals surface area (Å²) in [7, 11) is -2.37.